The molecule has 4 rings (SSSR count). The van der Waals surface area contributed by atoms with Gasteiger partial charge >= 0.3 is 0 Å². The molecule has 144 valence electrons. The van der Waals surface area contributed by atoms with Gasteiger partial charge in [0.25, 0.3) is 5.91 Å². The summed E-state index contributed by atoms with van der Waals surface area (Å²) in [5, 5.41) is 2.28. The van der Waals surface area contributed by atoms with Crippen molar-refractivity contribution in [2.75, 3.05) is 11.5 Å². The number of fused-ring (bicyclic) bond motifs is 1. The van der Waals surface area contributed by atoms with E-state index < -0.39 is 0 Å². The molecule has 0 fully saturated rings. The van der Waals surface area contributed by atoms with E-state index >= 15 is 0 Å². The van der Waals surface area contributed by atoms with Gasteiger partial charge < -0.3 is 4.74 Å². The van der Waals surface area contributed by atoms with E-state index in [1.165, 1.54) is 0 Å². The highest BCUT2D eigenvalue weighted by Crippen LogP contribution is 2.23. The SMILES string of the molecule is Cc1ccccc1OCC(=O)N(Cc1cccc2ccccc12)c1ccccn1. The smallest absolute Gasteiger partial charge is 0.266 e. The number of aryl methyl sites for hydroxylation is 1. The molecule has 1 aromatic heterocycles. The monoisotopic (exact) mass is 382 g/mol. The number of hydrogen-bond donors (Lipinski definition) is 0. The molecule has 0 N–H and O–H groups in total. The van der Waals surface area contributed by atoms with Crippen molar-refractivity contribution in [3.63, 3.8) is 0 Å². The Kier molecular flexibility index (Phi) is 5.52. The predicted octanol–water partition coefficient (Wildman–Crippen LogP) is 5.16. The molecule has 0 radical (unpaired) electrons. The van der Waals surface area contributed by atoms with E-state index in [9.17, 15) is 4.79 Å². The van der Waals surface area contributed by atoms with Crippen LogP contribution in [0.3, 0.4) is 0 Å². The summed E-state index contributed by atoms with van der Waals surface area (Å²) in [6.07, 6.45) is 1.70. The highest BCUT2D eigenvalue weighted by Gasteiger charge is 2.19. The standard InChI is InChI=1S/C25H22N2O2/c1-19-9-2-5-14-23(19)29-18-25(28)27(24-15-6-7-16-26-24)17-21-12-8-11-20-10-3-4-13-22(20)21/h2-16H,17-18H2,1H3. The lowest BCUT2D eigenvalue weighted by atomic mass is 10.0. The van der Waals surface area contributed by atoms with Crippen LogP contribution in [0.2, 0.25) is 0 Å². The Balaban J connectivity index is 1.61. The third-order valence-corrected chi connectivity index (χ3v) is 4.88. The minimum atomic E-state index is -0.139. The van der Waals surface area contributed by atoms with Gasteiger partial charge in [0.15, 0.2) is 6.61 Å². The fourth-order valence-corrected chi connectivity index (χ4v) is 3.35. The van der Waals surface area contributed by atoms with Crippen molar-refractivity contribution < 1.29 is 9.53 Å². The van der Waals surface area contributed by atoms with Crippen LogP contribution < -0.4 is 9.64 Å². The first-order valence-electron chi connectivity index (χ1n) is 9.59. The maximum absolute atomic E-state index is 13.1. The first kappa shape index (κ1) is 18.7. The van der Waals surface area contributed by atoms with E-state index in [1.807, 2.05) is 73.7 Å². The number of rotatable bonds is 6. The van der Waals surface area contributed by atoms with Crippen LogP contribution in [0.25, 0.3) is 10.8 Å². The lowest BCUT2D eigenvalue weighted by Crippen LogP contribution is -2.35. The highest BCUT2D eigenvalue weighted by atomic mass is 16.5. The molecule has 0 aliphatic carbocycles. The summed E-state index contributed by atoms with van der Waals surface area (Å²) in [4.78, 5) is 19.2. The van der Waals surface area contributed by atoms with Gasteiger partial charge in [0.05, 0.1) is 6.54 Å². The van der Waals surface area contributed by atoms with E-state index in [1.54, 1.807) is 11.1 Å². The van der Waals surface area contributed by atoms with Gasteiger partial charge in [-0.05, 0) is 47.0 Å². The van der Waals surface area contributed by atoms with E-state index in [4.69, 9.17) is 4.74 Å². The van der Waals surface area contributed by atoms with E-state index in [0.717, 1.165) is 21.9 Å². The summed E-state index contributed by atoms with van der Waals surface area (Å²) in [7, 11) is 0. The number of para-hydroxylation sites is 1. The van der Waals surface area contributed by atoms with Crippen molar-refractivity contribution in [3.8, 4) is 5.75 Å². The third kappa shape index (κ3) is 4.27. The molecular weight excluding hydrogens is 360 g/mol. The summed E-state index contributed by atoms with van der Waals surface area (Å²) in [6.45, 7) is 2.34. The van der Waals surface area contributed by atoms with Crippen LogP contribution in [0.5, 0.6) is 5.75 Å². The van der Waals surface area contributed by atoms with Crippen molar-refractivity contribution in [2.24, 2.45) is 0 Å². The Hall–Kier alpha value is -3.66. The number of hydrogen-bond acceptors (Lipinski definition) is 3. The van der Waals surface area contributed by atoms with Crippen LogP contribution in [0.4, 0.5) is 5.82 Å². The van der Waals surface area contributed by atoms with Crippen molar-refractivity contribution in [2.45, 2.75) is 13.5 Å². The Labute approximate surface area is 170 Å². The Morgan fingerprint density at radius 1 is 0.897 bits per heavy atom. The molecule has 4 aromatic rings. The van der Waals surface area contributed by atoms with Crippen molar-refractivity contribution in [1.82, 2.24) is 4.98 Å². The van der Waals surface area contributed by atoms with Gasteiger partial charge in [-0.3, -0.25) is 9.69 Å². The number of aromatic nitrogens is 1. The summed E-state index contributed by atoms with van der Waals surface area (Å²) in [5.74, 6) is 1.19. The molecule has 0 spiro atoms. The lowest BCUT2D eigenvalue weighted by molar-refractivity contribution is -0.120. The van der Waals surface area contributed by atoms with Crippen LogP contribution in [-0.2, 0) is 11.3 Å². The second kappa shape index (κ2) is 8.57. The molecule has 1 heterocycles. The maximum atomic E-state index is 13.1. The van der Waals surface area contributed by atoms with E-state index in [0.29, 0.717) is 18.1 Å². The summed E-state index contributed by atoms with van der Waals surface area (Å²) in [6, 6.07) is 27.6. The van der Waals surface area contributed by atoms with Gasteiger partial charge in [-0.2, -0.15) is 0 Å². The number of ether oxygens (including phenoxy) is 1. The Bertz CT molecular complexity index is 1120. The molecule has 0 aliphatic heterocycles. The van der Waals surface area contributed by atoms with Crippen LogP contribution in [-0.4, -0.2) is 17.5 Å². The van der Waals surface area contributed by atoms with Gasteiger partial charge in [-0.1, -0.05) is 66.7 Å². The normalized spacial score (nSPS) is 10.7. The Morgan fingerprint density at radius 2 is 1.66 bits per heavy atom. The molecule has 4 nitrogen and oxygen atoms in total. The molecule has 29 heavy (non-hydrogen) atoms. The van der Waals surface area contributed by atoms with E-state index in [-0.39, 0.29) is 12.5 Å². The molecule has 1 amide bonds. The van der Waals surface area contributed by atoms with Crippen LogP contribution in [0, 0.1) is 6.92 Å². The van der Waals surface area contributed by atoms with Gasteiger partial charge in [0.1, 0.15) is 11.6 Å². The number of benzene rings is 3. The predicted molar refractivity (Wildman–Crippen MR) is 116 cm³/mol. The molecular formula is C25H22N2O2. The quantitative estimate of drug-likeness (QED) is 0.463. The summed E-state index contributed by atoms with van der Waals surface area (Å²) < 4.78 is 5.81. The number of anilines is 1. The van der Waals surface area contributed by atoms with Crippen LogP contribution >= 0.6 is 0 Å². The zero-order chi connectivity index (χ0) is 20.1. The zero-order valence-corrected chi connectivity index (χ0v) is 16.3. The number of amides is 1. The minimum Gasteiger partial charge on any atom is -0.483 e. The molecule has 0 saturated heterocycles. The van der Waals surface area contributed by atoms with Crippen LogP contribution in [0.15, 0.2) is 91.1 Å². The largest absolute Gasteiger partial charge is 0.483 e. The topological polar surface area (TPSA) is 42.4 Å². The summed E-state index contributed by atoms with van der Waals surface area (Å²) in [5.41, 5.74) is 2.07. The number of carbonyl (C=O) groups is 1. The average Bonchev–Trinajstić information content (AvgIpc) is 2.77. The zero-order valence-electron chi connectivity index (χ0n) is 16.3. The molecule has 0 saturated carbocycles. The molecule has 3 aromatic carbocycles. The molecule has 4 heteroatoms. The maximum Gasteiger partial charge on any atom is 0.266 e. The molecule has 0 atom stereocenters. The third-order valence-electron chi connectivity index (χ3n) is 4.88. The van der Waals surface area contributed by atoms with Gasteiger partial charge in [-0.15, -0.1) is 0 Å². The summed E-state index contributed by atoms with van der Waals surface area (Å²) >= 11 is 0. The average molecular weight is 382 g/mol. The number of nitrogens with zero attached hydrogens (tertiary/aromatic N) is 2. The first-order valence-corrected chi connectivity index (χ1v) is 9.59. The first-order chi connectivity index (χ1) is 14.2. The van der Waals surface area contributed by atoms with Gasteiger partial charge in [0, 0.05) is 6.20 Å². The lowest BCUT2D eigenvalue weighted by Gasteiger charge is -2.23. The number of carbonyl (C=O) groups excluding carboxylic acids is 1. The van der Waals surface area contributed by atoms with Crippen molar-refractivity contribution in [1.29, 1.82) is 0 Å². The molecule has 0 bridgehead atoms. The van der Waals surface area contributed by atoms with Gasteiger partial charge in [0.2, 0.25) is 0 Å². The Morgan fingerprint density at radius 3 is 2.48 bits per heavy atom. The fraction of sp³-hybridized carbons (Fsp3) is 0.120. The van der Waals surface area contributed by atoms with Crippen LogP contribution in [0.1, 0.15) is 11.1 Å². The molecule has 0 aliphatic rings. The number of pyridine rings is 1. The van der Waals surface area contributed by atoms with Crippen molar-refractivity contribution in [3.05, 3.63) is 102 Å². The minimum absolute atomic E-state index is 0.0494. The molecule has 0 unspecified atom stereocenters. The second-order valence-electron chi connectivity index (χ2n) is 6.86. The van der Waals surface area contributed by atoms with E-state index in [2.05, 4.69) is 23.2 Å². The van der Waals surface area contributed by atoms with Crippen molar-refractivity contribution >= 4 is 22.5 Å². The van der Waals surface area contributed by atoms with Gasteiger partial charge in [-0.25, -0.2) is 4.98 Å². The fourth-order valence-electron chi connectivity index (χ4n) is 3.35. The highest BCUT2D eigenvalue weighted by molar-refractivity contribution is 5.94. The second-order valence-corrected chi connectivity index (χ2v) is 6.86.